The summed E-state index contributed by atoms with van der Waals surface area (Å²) < 4.78 is 3.34. The van der Waals surface area contributed by atoms with Crippen LogP contribution >= 0.6 is 23.2 Å². The second-order valence-corrected chi connectivity index (χ2v) is 12.6. The summed E-state index contributed by atoms with van der Waals surface area (Å²) in [6, 6.07) is 35.1. The van der Waals surface area contributed by atoms with Crippen molar-refractivity contribution in [2.75, 3.05) is 0 Å². The molecule has 0 amide bonds. The second-order valence-electron chi connectivity index (χ2n) is 11.8. The maximum absolute atomic E-state index is 5.52. The predicted molar refractivity (Wildman–Crippen MR) is 180 cm³/mol. The summed E-state index contributed by atoms with van der Waals surface area (Å²) in [6.45, 7) is 13.6. The molecular formula is C39H40Cl2Zr-4. The standard InChI is InChI=1S/C21H25.2C6H4Cl.C5H5.CH2.Zr/c1-20(2,3)16-9-7-14-11-15-8-10-17(21(4,5)6)13-19(15)18(14)12-16;2*7-6-4-2-1-3-5-6;1-2-4-5-3-1;;/h7,9-10,12-13H,11H2,1-6H3;2*2-5H;1-3H,4H2;1H2;/q4*-1;;. The summed E-state index contributed by atoms with van der Waals surface area (Å²) in [5, 5.41) is 1.53. The predicted octanol–water partition coefficient (Wildman–Crippen LogP) is 11.2. The van der Waals surface area contributed by atoms with Gasteiger partial charge in [-0.1, -0.05) is 86.3 Å². The van der Waals surface area contributed by atoms with Gasteiger partial charge in [-0.2, -0.15) is 96.1 Å². The van der Waals surface area contributed by atoms with Crippen LogP contribution in [0, 0.1) is 24.3 Å². The maximum atomic E-state index is 5.52. The normalized spacial score (nSPS) is 12.1. The Morgan fingerprint density at radius 3 is 1.62 bits per heavy atom. The molecule has 0 radical (unpaired) electrons. The molecule has 6 rings (SSSR count). The topological polar surface area (TPSA) is 0 Å². The summed E-state index contributed by atoms with van der Waals surface area (Å²) in [4.78, 5) is 0. The molecule has 0 bridgehead atoms. The van der Waals surface area contributed by atoms with Crippen LogP contribution in [0.4, 0.5) is 0 Å². The SMILES string of the molecule is CC(C)(C)c1c[c-]c2c(c1)-c1cc(C(C)(C)C)ccc1C2.Clc1cc[c-]cc1.Clc1cc[c-]cc1.[C-]1=CC=CC1.[CH2]=[Zr]. The van der Waals surface area contributed by atoms with Gasteiger partial charge in [0, 0.05) is 0 Å². The van der Waals surface area contributed by atoms with E-state index in [2.05, 4.69) is 106 Å². The summed E-state index contributed by atoms with van der Waals surface area (Å²) >= 11 is 12.3. The Labute approximate surface area is 279 Å². The van der Waals surface area contributed by atoms with E-state index in [0.29, 0.717) is 0 Å². The molecule has 0 fully saturated rings. The molecule has 4 aromatic carbocycles. The van der Waals surface area contributed by atoms with Gasteiger partial charge in [-0.15, -0.1) is 35.2 Å². The quantitative estimate of drug-likeness (QED) is 0.144. The van der Waals surface area contributed by atoms with Crippen molar-refractivity contribution in [1.29, 1.82) is 0 Å². The Morgan fingerprint density at radius 2 is 1.24 bits per heavy atom. The molecule has 0 aromatic heterocycles. The van der Waals surface area contributed by atoms with Gasteiger partial charge in [-0.05, 0) is 17.4 Å². The van der Waals surface area contributed by atoms with Crippen LogP contribution in [0.5, 0.6) is 0 Å². The van der Waals surface area contributed by atoms with Crippen molar-refractivity contribution < 1.29 is 24.2 Å². The Kier molecular flexibility index (Phi) is 15.1. The van der Waals surface area contributed by atoms with E-state index >= 15 is 0 Å². The Morgan fingerprint density at radius 1 is 0.714 bits per heavy atom. The summed E-state index contributed by atoms with van der Waals surface area (Å²) in [7, 11) is 0. The van der Waals surface area contributed by atoms with Gasteiger partial charge in [0.25, 0.3) is 0 Å². The molecule has 42 heavy (non-hydrogen) atoms. The van der Waals surface area contributed by atoms with E-state index in [4.69, 9.17) is 23.2 Å². The van der Waals surface area contributed by atoms with Gasteiger partial charge in [-0.3, -0.25) is 6.08 Å². The van der Waals surface area contributed by atoms with E-state index in [9.17, 15) is 0 Å². The average molecular weight is 671 g/mol. The number of allylic oxidation sites excluding steroid dienone is 4. The monoisotopic (exact) mass is 668 g/mol. The Bertz CT molecular complexity index is 1310. The fourth-order valence-corrected chi connectivity index (χ4v) is 4.31. The number of fused-ring (bicyclic) bond motifs is 3. The molecule has 0 spiro atoms. The van der Waals surface area contributed by atoms with Gasteiger partial charge in [0.15, 0.2) is 0 Å². The zero-order valence-electron chi connectivity index (χ0n) is 25.6. The van der Waals surface area contributed by atoms with E-state index in [0.717, 1.165) is 22.9 Å². The first kappa shape index (κ1) is 35.9. The first-order valence-electron chi connectivity index (χ1n) is 13.9. The molecule has 218 valence electrons. The molecule has 2 aliphatic rings. The van der Waals surface area contributed by atoms with Gasteiger partial charge in [-0.25, -0.2) is 12.2 Å². The van der Waals surface area contributed by atoms with Crippen molar-refractivity contribution in [1.82, 2.24) is 0 Å². The van der Waals surface area contributed by atoms with E-state index in [1.54, 1.807) is 48.5 Å². The van der Waals surface area contributed by atoms with E-state index in [1.807, 2.05) is 12.2 Å². The van der Waals surface area contributed by atoms with Crippen LogP contribution in [0.25, 0.3) is 11.1 Å². The third-order valence-electron chi connectivity index (χ3n) is 6.47. The van der Waals surface area contributed by atoms with Crippen LogP contribution in [0.2, 0.25) is 10.0 Å². The molecular weight excluding hydrogens is 631 g/mol. The van der Waals surface area contributed by atoms with Crippen molar-refractivity contribution in [3.8, 4) is 11.1 Å². The minimum atomic E-state index is 0.177. The first-order valence-corrected chi connectivity index (χ1v) is 16.4. The van der Waals surface area contributed by atoms with Crippen molar-refractivity contribution >= 4 is 27.4 Å². The Balaban J connectivity index is 0.000000237. The summed E-state index contributed by atoms with van der Waals surface area (Å²) in [6.07, 6.45) is 11.0. The minimum absolute atomic E-state index is 0.177. The summed E-state index contributed by atoms with van der Waals surface area (Å²) in [5.41, 5.74) is 8.76. The molecule has 0 heterocycles. The van der Waals surface area contributed by atoms with Crippen LogP contribution in [0.1, 0.15) is 70.2 Å². The fraction of sp³-hybridized carbons (Fsp3) is 0.256. The zero-order chi connectivity index (χ0) is 31.2. The average Bonchev–Trinajstić information content (AvgIpc) is 3.66. The molecule has 0 unspecified atom stereocenters. The van der Waals surface area contributed by atoms with Gasteiger partial charge in [0.05, 0.1) is 0 Å². The number of hydrogen-bond donors (Lipinski definition) is 0. The molecule has 3 heteroatoms. The molecule has 0 saturated carbocycles. The third kappa shape index (κ3) is 12.1. The van der Waals surface area contributed by atoms with Crippen molar-refractivity contribution in [2.45, 2.75) is 65.2 Å². The summed E-state index contributed by atoms with van der Waals surface area (Å²) in [5.74, 6) is 0. The fourth-order valence-electron chi connectivity index (χ4n) is 4.06. The van der Waals surface area contributed by atoms with Gasteiger partial charge in [0.2, 0.25) is 0 Å². The van der Waals surface area contributed by atoms with E-state index in [1.165, 1.54) is 57.6 Å². The molecule has 0 atom stereocenters. The third-order valence-corrected chi connectivity index (χ3v) is 6.97. The van der Waals surface area contributed by atoms with Crippen LogP contribution in [0.15, 0.2) is 97.1 Å². The molecule has 4 aromatic rings. The molecule has 0 nitrogen and oxygen atoms in total. The van der Waals surface area contributed by atoms with Crippen molar-refractivity contribution in [3.63, 3.8) is 0 Å². The Hall–Kier alpha value is -2.31. The van der Waals surface area contributed by atoms with Crippen LogP contribution in [0.3, 0.4) is 0 Å². The number of benzene rings is 4. The van der Waals surface area contributed by atoms with Gasteiger partial charge >= 0.3 is 28.4 Å². The zero-order valence-corrected chi connectivity index (χ0v) is 29.6. The second kappa shape index (κ2) is 17.7. The van der Waals surface area contributed by atoms with Gasteiger partial charge in [0.1, 0.15) is 0 Å². The van der Waals surface area contributed by atoms with Crippen LogP contribution < -0.4 is 0 Å². The molecule has 0 N–H and O–H groups in total. The van der Waals surface area contributed by atoms with E-state index < -0.39 is 0 Å². The first-order chi connectivity index (χ1) is 19.9. The van der Waals surface area contributed by atoms with Crippen LogP contribution in [-0.4, -0.2) is 4.21 Å². The number of rotatable bonds is 0. The van der Waals surface area contributed by atoms with Gasteiger partial charge < -0.3 is 0 Å². The molecule has 0 saturated heterocycles. The van der Waals surface area contributed by atoms with E-state index in [-0.39, 0.29) is 10.8 Å². The molecule has 2 aliphatic carbocycles. The number of hydrogen-bond acceptors (Lipinski definition) is 0. The molecule has 0 aliphatic heterocycles. The van der Waals surface area contributed by atoms with Crippen molar-refractivity contribution in [3.05, 3.63) is 154 Å². The van der Waals surface area contributed by atoms with Crippen molar-refractivity contribution in [2.24, 2.45) is 0 Å². The van der Waals surface area contributed by atoms with Crippen LogP contribution in [-0.2, 0) is 41.5 Å². The number of halogens is 2.